The van der Waals surface area contributed by atoms with Crippen molar-refractivity contribution in [1.29, 1.82) is 0 Å². The van der Waals surface area contributed by atoms with E-state index in [4.69, 9.17) is 14.3 Å². The molecule has 0 bridgehead atoms. The first-order chi connectivity index (χ1) is 11.9. The van der Waals surface area contributed by atoms with E-state index in [9.17, 15) is 9.90 Å². The van der Waals surface area contributed by atoms with Crippen molar-refractivity contribution in [3.63, 3.8) is 0 Å². The second-order valence-electron chi connectivity index (χ2n) is 6.60. The average molecular weight is 337 g/mol. The summed E-state index contributed by atoms with van der Waals surface area (Å²) in [4.78, 5) is 12.9. The zero-order chi connectivity index (χ0) is 17.8. The molecular formula is C20H17O5+. The lowest BCUT2D eigenvalue weighted by atomic mass is 9.98. The SMILES string of the molecule is CC1(C)C=Cc2c(cc([OH2+])c3c(=O)c(-c4ccc(O)cc4)coc23)O1. The van der Waals surface area contributed by atoms with Gasteiger partial charge in [-0.05, 0) is 43.7 Å². The topological polar surface area (TPSA) is 82.6 Å². The molecular weight excluding hydrogens is 320 g/mol. The Morgan fingerprint density at radius 3 is 2.60 bits per heavy atom. The van der Waals surface area contributed by atoms with Crippen molar-refractivity contribution in [2.75, 3.05) is 0 Å². The first-order valence-corrected chi connectivity index (χ1v) is 7.87. The maximum absolute atomic E-state index is 12.9. The molecule has 5 heteroatoms. The molecule has 0 atom stereocenters. The number of benzene rings is 2. The molecule has 3 aromatic rings. The normalized spacial score (nSPS) is 15.0. The van der Waals surface area contributed by atoms with Gasteiger partial charge in [-0.25, -0.2) is 0 Å². The van der Waals surface area contributed by atoms with Crippen molar-refractivity contribution in [2.45, 2.75) is 19.4 Å². The predicted molar refractivity (Wildman–Crippen MR) is 96.4 cm³/mol. The summed E-state index contributed by atoms with van der Waals surface area (Å²) in [7, 11) is 0. The minimum atomic E-state index is -0.473. The molecule has 0 saturated heterocycles. The Hall–Kier alpha value is -3.21. The molecule has 0 radical (unpaired) electrons. The van der Waals surface area contributed by atoms with Gasteiger partial charge in [0.2, 0.25) is 5.43 Å². The van der Waals surface area contributed by atoms with E-state index in [1.165, 1.54) is 18.4 Å². The highest BCUT2D eigenvalue weighted by atomic mass is 16.5. The summed E-state index contributed by atoms with van der Waals surface area (Å²) in [5, 5.41) is 17.9. The van der Waals surface area contributed by atoms with Crippen molar-refractivity contribution in [2.24, 2.45) is 0 Å². The summed E-state index contributed by atoms with van der Waals surface area (Å²) in [5.41, 5.74) is 1.24. The third-order valence-electron chi connectivity index (χ3n) is 4.25. The maximum atomic E-state index is 12.9. The molecule has 0 unspecified atom stereocenters. The fourth-order valence-corrected chi connectivity index (χ4v) is 2.99. The van der Waals surface area contributed by atoms with Crippen molar-refractivity contribution >= 4 is 17.0 Å². The van der Waals surface area contributed by atoms with Crippen molar-refractivity contribution in [3.05, 3.63) is 58.5 Å². The van der Waals surface area contributed by atoms with Crippen LogP contribution in [0.2, 0.25) is 0 Å². The quantitative estimate of drug-likeness (QED) is 0.685. The van der Waals surface area contributed by atoms with Crippen LogP contribution in [0.1, 0.15) is 19.4 Å². The van der Waals surface area contributed by atoms with E-state index in [1.807, 2.05) is 26.0 Å². The smallest absolute Gasteiger partial charge is 0.272 e. The number of ether oxygens (including phenoxy) is 1. The Bertz CT molecular complexity index is 1070. The van der Waals surface area contributed by atoms with Gasteiger partial charge in [0.05, 0.1) is 17.2 Å². The fraction of sp³-hybridized carbons (Fsp3) is 0.150. The number of rotatable bonds is 1. The predicted octanol–water partition coefficient (Wildman–Crippen LogP) is 3.79. The van der Waals surface area contributed by atoms with Crippen LogP contribution in [-0.4, -0.2) is 15.8 Å². The Morgan fingerprint density at radius 1 is 1.16 bits per heavy atom. The van der Waals surface area contributed by atoms with Crippen molar-refractivity contribution in [3.8, 4) is 28.4 Å². The minimum absolute atomic E-state index is 0.0641. The molecule has 0 fully saturated rings. The minimum Gasteiger partial charge on any atom is -0.593 e. The van der Waals surface area contributed by atoms with E-state index in [2.05, 4.69) is 0 Å². The summed E-state index contributed by atoms with van der Waals surface area (Å²) in [5.74, 6) is 0.717. The fourth-order valence-electron chi connectivity index (χ4n) is 2.99. The number of phenolic OH excluding ortho intramolecular Hbond substituents is 1. The molecule has 4 rings (SSSR count). The van der Waals surface area contributed by atoms with Gasteiger partial charge in [0.25, 0.3) is 5.75 Å². The van der Waals surface area contributed by atoms with Gasteiger partial charge in [0.15, 0.2) is 11.0 Å². The Balaban J connectivity index is 1.99. The monoisotopic (exact) mass is 337 g/mol. The summed E-state index contributed by atoms with van der Waals surface area (Å²) in [6, 6.07) is 7.85. The third-order valence-corrected chi connectivity index (χ3v) is 4.25. The summed E-state index contributed by atoms with van der Waals surface area (Å²) in [6.07, 6.45) is 5.15. The molecule has 126 valence electrons. The second-order valence-corrected chi connectivity index (χ2v) is 6.60. The molecule has 1 aromatic heterocycles. The van der Waals surface area contributed by atoms with Gasteiger partial charge in [0, 0.05) is 0 Å². The van der Waals surface area contributed by atoms with Gasteiger partial charge in [-0.1, -0.05) is 12.1 Å². The van der Waals surface area contributed by atoms with Crippen molar-refractivity contribution in [1.82, 2.24) is 0 Å². The molecule has 2 heterocycles. The molecule has 0 aliphatic carbocycles. The van der Waals surface area contributed by atoms with Gasteiger partial charge in [-0.15, -0.1) is 0 Å². The van der Waals surface area contributed by atoms with E-state index in [0.717, 1.165) is 0 Å². The van der Waals surface area contributed by atoms with E-state index < -0.39 is 5.60 Å². The van der Waals surface area contributed by atoms with Crippen LogP contribution < -0.4 is 10.2 Å². The zero-order valence-electron chi connectivity index (χ0n) is 13.8. The largest absolute Gasteiger partial charge is 0.593 e. The average Bonchev–Trinajstić information content (AvgIpc) is 2.55. The molecule has 0 spiro atoms. The number of hydrogen-bond donors (Lipinski definition) is 1. The van der Waals surface area contributed by atoms with Crippen LogP contribution in [0.3, 0.4) is 0 Å². The van der Waals surface area contributed by atoms with E-state index in [1.54, 1.807) is 18.2 Å². The van der Waals surface area contributed by atoms with Gasteiger partial charge in [0.1, 0.15) is 23.4 Å². The van der Waals surface area contributed by atoms with Crippen LogP contribution in [-0.2, 0) is 0 Å². The van der Waals surface area contributed by atoms with Crippen LogP contribution >= 0.6 is 0 Å². The van der Waals surface area contributed by atoms with Crippen LogP contribution in [0.4, 0.5) is 0 Å². The molecule has 0 amide bonds. The van der Waals surface area contributed by atoms with E-state index in [-0.39, 0.29) is 22.3 Å². The lowest BCUT2D eigenvalue weighted by Gasteiger charge is -2.27. The van der Waals surface area contributed by atoms with Crippen LogP contribution in [0.25, 0.3) is 28.2 Å². The Labute approximate surface area is 143 Å². The number of hydrogen-bond acceptors (Lipinski definition) is 4. The van der Waals surface area contributed by atoms with Gasteiger partial charge in [-0.2, -0.15) is 0 Å². The molecule has 1 aliphatic rings. The molecule has 3 N–H and O–H groups in total. The lowest BCUT2D eigenvalue weighted by Crippen LogP contribution is -2.27. The summed E-state index contributed by atoms with van der Waals surface area (Å²) in [6.45, 7) is 3.84. The zero-order valence-corrected chi connectivity index (χ0v) is 13.8. The highest BCUT2D eigenvalue weighted by Gasteiger charge is 2.28. The highest BCUT2D eigenvalue weighted by Crippen LogP contribution is 2.40. The molecule has 2 aromatic carbocycles. The van der Waals surface area contributed by atoms with Crippen molar-refractivity contribution < 1.29 is 19.4 Å². The third kappa shape index (κ3) is 2.45. The summed E-state index contributed by atoms with van der Waals surface area (Å²) < 4.78 is 11.6. The molecule has 1 aliphatic heterocycles. The Kier molecular flexibility index (Phi) is 3.15. The molecule has 5 nitrogen and oxygen atoms in total. The number of fused-ring (bicyclic) bond motifs is 3. The van der Waals surface area contributed by atoms with Crippen LogP contribution in [0.5, 0.6) is 17.2 Å². The molecule has 25 heavy (non-hydrogen) atoms. The van der Waals surface area contributed by atoms with E-state index in [0.29, 0.717) is 28.0 Å². The standard InChI is InChI=1S/C20H16O5/c1-20(2)8-7-13-16(25-20)9-15(22)17-18(23)14(10-24-19(13)17)11-3-5-12(21)6-4-11/h3-10,21-22H,1-2H3/p+1. The maximum Gasteiger partial charge on any atom is 0.272 e. The lowest BCUT2D eigenvalue weighted by molar-refractivity contribution is 0.158. The van der Waals surface area contributed by atoms with Crippen LogP contribution in [0.15, 0.2) is 51.9 Å². The van der Waals surface area contributed by atoms with E-state index >= 15 is 0 Å². The number of phenols is 1. The second kappa shape index (κ2) is 5.14. The summed E-state index contributed by atoms with van der Waals surface area (Å²) >= 11 is 0. The van der Waals surface area contributed by atoms with Crippen LogP contribution in [0, 0.1) is 0 Å². The first kappa shape index (κ1) is 15.3. The molecule has 0 saturated carbocycles. The number of aromatic hydroxyl groups is 1. The Morgan fingerprint density at radius 2 is 1.88 bits per heavy atom. The van der Waals surface area contributed by atoms with Gasteiger partial charge >= 0.3 is 0 Å². The first-order valence-electron chi connectivity index (χ1n) is 7.87. The van der Waals surface area contributed by atoms with Gasteiger partial charge < -0.3 is 19.4 Å². The highest BCUT2D eigenvalue weighted by molar-refractivity contribution is 5.95. The van der Waals surface area contributed by atoms with Gasteiger partial charge in [-0.3, -0.25) is 4.79 Å².